The number of rotatable bonds is 4. The Balaban J connectivity index is 1.65. The van der Waals surface area contributed by atoms with Crippen LogP contribution in [-0.4, -0.2) is 24.0 Å². The fourth-order valence-electron chi connectivity index (χ4n) is 2.90. The molecule has 5 heteroatoms. The molecule has 1 atom stereocenters. The van der Waals surface area contributed by atoms with E-state index >= 15 is 0 Å². The normalized spacial score (nSPS) is 17.3. The number of halogens is 2. The first-order valence-corrected chi connectivity index (χ1v) is 8.74. The number of hydrogen-bond donors (Lipinski definition) is 0. The van der Waals surface area contributed by atoms with Gasteiger partial charge >= 0.3 is 0 Å². The van der Waals surface area contributed by atoms with E-state index in [0.29, 0.717) is 10.8 Å². The molecule has 1 saturated heterocycles. The Kier molecular flexibility index (Phi) is 5.23. The number of likely N-dealkylation sites (tertiary alicyclic amines) is 1. The van der Waals surface area contributed by atoms with Crippen LogP contribution in [0.15, 0.2) is 53.0 Å². The summed E-state index contributed by atoms with van der Waals surface area (Å²) in [5, 5.41) is 0.494. The van der Waals surface area contributed by atoms with E-state index in [9.17, 15) is 4.79 Å². The van der Waals surface area contributed by atoms with Gasteiger partial charge in [0.1, 0.15) is 5.75 Å². The molecule has 1 unspecified atom stereocenters. The fraction of sp³-hybridized carbons (Fsp3) is 0.278. The van der Waals surface area contributed by atoms with Crippen LogP contribution < -0.4 is 4.74 Å². The molecule has 120 valence electrons. The number of ether oxygens (including phenoxy) is 1. The van der Waals surface area contributed by atoms with Gasteiger partial charge in [0, 0.05) is 11.0 Å². The van der Waals surface area contributed by atoms with E-state index in [1.54, 1.807) is 12.1 Å². The molecule has 0 radical (unpaired) electrons. The van der Waals surface area contributed by atoms with E-state index in [2.05, 4.69) is 28.1 Å². The van der Waals surface area contributed by atoms with Crippen LogP contribution in [0.5, 0.6) is 5.75 Å². The van der Waals surface area contributed by atoms with E-state index in [4.69, 9.17) is 16.3 Å². The molecule has 2 aromatic carbocycles. The summed E-state index contributed by atoms with van der Waals surface area (Å²) in [6.07, 6.45) is 2.01. The van der Waals surface area contributed by atoms with Gasteiger partial charge in [0.25, 0.3) is 5.91 Å². The van der Waals surface area contributed by atoms with Crippen LogP contribution in [0.2, 0.25) is 5.02 Å². The predicted molar refractivity (Wildman–Crippen MR) is 94.8 cm³/mol. The minimum absolute atomic E-state index is 0.00432. The molecule has 0 saturated carbocycles. The van der Waals surface area contributed by atoms with E-state index < -0.39 is 0 Å². The minimum atomic E-state index is -0.00432. The quantitative estimate of drug-likeness (QED) is 0.742. The van der Waals surface area contributed by atoms with Crippen LogP contribution in [-0.2, 0) is 4.79 Å². The van der Waals surface area contributed by atoms with Gasteiger partial charge in [0.2, 0.25) is 0 Å². The summed E-state index contributed by atoms with van der Waals surface area (Å²) in [7, 11) is 0. The summed E-state index contributed by atoms with van der Waals surface area (Å²) in [5.74, 6) is 0.522. The lowest BCUT2D eigenvalue weighted by atomic mass is 10.0. The lowest BCUT2D eigenvalue weighted by Crippen LogP contribution is -2.34. The highest BCUT2D eigenvalue weighted by molar-refractivity contribution is 9.10. The van der Waals surface area contributed by atoms with Gasteiger partial charge in [-0.1, -0.05) is 57.9 Å². The Morgan fingerprint density at radius 1 is 1.26 bits per heavy atom. The van der Waals surface area contributed by atoms with E-state index in [0.717, 1.165) is 23.9 Å². The van der Waals surface area contributed by atoms with Crippen molar-refractivity contribution in [2.24, 2.45) is 0 Å². The van der Waals surface area contributed by atoms with Gasteiger partial charge in [-0.2, -0.15) is 0 Å². The number of amides is 1. The zero-order chi connectivity index (χ0) is 16.2. The van der Waals surface area contributed by atoms with Crippen molar-refractivity contribution in [3.05, 3.63) is 63.6 Å². The summed E-state index contributed by atoms with van der Waals surface area (Å²) < 4.78 is 6.49. The van der Waals surface area contributed by atoms with Gasteiger partial charge in [-0.05, 0) is 36.6 Å². The molecule has 3 nitrogen and oxygen atoms in total. The van der Waals surface area contributed by atoms with Crippen LogP contribution in [0.4, 0.5) is 0 Å². The SMILES string of the molecule is O=C(COc1ccc(Br)cc1Cl)N1CCCC1c1ccccc1. The second-order valence-electron chi connectivity index (χ2n) is 5.52. The van der Waals surface area contributed by atoms with Crippen molar-refractivity contribution in [2.75, 3.05) is 13.2 Å². The van der Waals surface area contributed by atoms with Gasteiger partial charge in [0.15, 0.2) is 6.61 Å². The Bertz CT molecular complexity index is 693. The van der Waals surface area contributed by atoms with Crippen molar-refractivity contribution in [3.8, 4) is 5.75 Å². The fourth-order valence-corrected chi connectivity index (χ4v) is 3.63. The maximum absolute atomic E-state index is 12.5. The van der Waals surface area contributed by atoms with Gasteiger partial charge in [-0.25, -0.2) is 0 Å². The Labute approximate surface area is 149 Å². The zero-order valence-corrected chi connectivity index (χ0v) is 14.9. The average Bonchev–Trinajstić information content (AvgIpc) is 3.04. The van der Waals surface area contributed by atoms with E-state index in [1.165, 1.54) is 5.56 Å². The van der Waals surface area contributed by atoms with E-state index in [1.807, 2.05) is 29.2 Å². The van der Waals surface area contributed by atoms with E-state index in [-0.39, 0.29) is 18.6 Å². The van der Waals surface area contributed by atoms with Gasteiger partial charge in [0.05, 0.1) is 11.1 Å². The molecule has 0 bridgehead atoms. The summed E-state index contributed by atoms with van der Waals surface area (Å²) in [4.78, 5) is 14.4. The molecular formula is C18H17BrClNO2. The van der Waals surface area contributed by atoms with Crippen molar-refractivity contribution >= 4 is 33.4 Å². The van der Waals surface area contributed by atoms with Crippen molar-refractivity contribution in [3.63, 3.8) is 0 Å². The molecule has 1 heterocycles. The number of carbonyl (C=O) groups excluding carboxylic acids is 1. The third-order valence-corrected chi connectivity index (χ3v) is 4.79. The van der Waals surface area contributed by atoms with Crippen LogP contribution in [0.25, 0.3) is 0 Å². The van der Waals surface area contributed by atoms with Gasteiger partial charge < -0.3 is 9.64 Å². The molecular weight excluding hydrogens is 378 g/mol. The molecule has 0 N–H and O–H groups in total. The van der Waals surface area contributed by atoms with Crippen molar-refractivity contribution < 1.29 is 9.53 Å². The number of hydrogen-bond acceptors (Lipinski definition) is 2. The third kappa shape index (κ3) is 3.88. The van der Waals surface area contributed by atoms with Crippen LogP contribution in [0.1, 0.15) is 24.4 Å². The first kappa shape index (κ1) is 16.3. The molecule has 3 rings (SSSR count). The molecule has 0 spiro atoms. The first-order valence-electron chi connectivity index (χ1n) is 7.57. The largest absolute Gasteiger partial charge is 0.482 e. The zero-order valence-electron chi connectivity index (χ0n) is 12.5. The second kappa shape index (κ2) is 7.37. The minimum Gasteiger partial charge on any atom is -0.482 e. The maximum Gasteiger partial charge on any atom is 0.261 e. The summed E-state index contributed by atoms with van der Waals surface area (Å²) in [6.45, 7) is 0.778. The van der Waals surface area contributed by atoms with Crippen molar-refractivity contribution in [1.29, 1.82) is 0 Å². The average molecular weight is 395 g/mol. The number of benzene rings is 2. The third-order valence-electron chi connectivity index (χ3n) is 4.00. The highest BCUT2D eigenvalue weighted by Gasteiger charge is 2.29. The summed E-state index contributed by atoms with van der Waals surface area (Å²) in [5.41, 5.74) is 1.18. The lowest BCUT2D eigenvalue weighted by Gasteiger charge is -2.25. The van der Waals surface area contributed by atoms with Crippen molar-refractivity contribution in [1.82, 2.24) is 4.90 Å². The smallest absolute Gasteiger partial charge is 0.261 e. The molecule has 23 heavy (non-hydrogen) atoms. The first-order chi connectivity index (χ1) is 11.1. The molecule has 0 aromatic heterocycles. The predicted octanol–water partition coefficient (Wildman–Crippen LogP) is 4.85. The highest BCUT2D eigenvalue weighted by atomic mass is 79.9. The van der Waals surface area contributed by atoms with Crippen molar-refractivity contribution in [2.45, 2.75) is 18.9 Å². The molecule has 2 aromatic rings. The lowest BCUT2D eigenvalue weighted by molar-refractivity contribution is -0.134. The van der Waals surface area contributed by atoms with Gasteiger partial charge in [-0.3, -0.25) is 4.79 Å². The molecule has 1 amide bonds. The van der Waals surface area contributed by atoms with Crippen LogP contribution in [0.3, 0.4) is 0 Å². The Morgan fingerprint density at radius 2 is 2.04 bits per heavy atom. The number of carbonyl (C=O) groups is 1. The molecule has 1 aliphatic heterocycles. The monoisotopic (exact) mass is 393 g/mol. The Morgan fingerprint density at radius 3 is 2.78 bits per heavy atom. The van der Waals surface area contributed by atoms with Gasteiger partial charge in [-0.15, -0.1) is 0 Å². The van der Waals surface area contributed by atoms with Crippen LogP contribution >= 0.6 is 27.5 Å². The molecule has 0 aliphatic carbocycles. The second-order valence-corrected chi connectivity index (χ2v) is 6.84. The molecule has 1 fully saturated rings. The topological polar surface area (TPSA) is 29.5 Å². The Hall–Kier alpha value is -1.52. The number of nitrogens with zero attached hydrogens (tertiary/aromatic N) is 1. The standard InChI is InChI=1S/C18H17BrClNO2/c19-14-8-9-17(15(20)11-14)23-12-18(22)21-10-4-7-16(21)13-5-2-1-3-6-13/h1-3,5-6,8-9,11,16H,4,7,10,12H2. The maximum atomic E-state index is 12.5. The highest BCUT2D eigenvalue weighted by Crippen LogP contribution is 2.32. The summed E-state index contributed by atoms with van der Waals surface area (Å²) in [6, 6.07) is 15.7. The van der Waals surface area contributed by atoms with Crippen LogP contribution in [0, 0.1) is 0 Å². The molecule has 1 aliphatic rings. The summed E-state index contributed by atoms with van der Waals surface area (Å²) >= 11 is 9.47.